The lowest BCUT2D eigenvalue weighted by atomic mass is 10.1. The van der Waals surface area contributed by atoms with Crippen molar-refractivity contribution in [2.24, 2.45) is 5.92 Å². The summed E-state index contributed by atoms with van der Waals surface area (Å²) in [5.74, 6) is -0.967. The van der Waals surface area contributed by atoms with E-state index in [4.69, 9.17) is 5.26 Å². The topological polar surface area (TPSA) is 70.4 Å². The number of carbonyl (C=O) groups excluding carboxylic acids is 2. The Morgan fingerprint density at radius 1 is 1.53 bits per heavy atom. The molecule has 98 valence electrons. The van der Waals surface area contributed by atoms with Crippen LogP contribution in [0, 0.1) is 17.2 Å². The van der Waals surface area contributed by atoms with Crippen molar-refractivity contribution in [1.29, 1.82) is 5.26 Å². The molecule has 19 heavy (non-hydrogen) atoms. The van der Waals surface area contributed by atoms with Gasteiger partial charge in [-0.1, -0.05) is 15.9 Å². The molecule has 0 saturated carbocycles. The van der Waals surface area contributed by atoms with Crippen molar-refractivity contribution < 1.29 is 14.3 Å². The lowest BCUT2D eigenvalue weighted by molar-refractivity contribution is -0.145. The Labute approximate surface area is 118 Å². The Balaban J connectivity index is 2.28. The fourth-order valence-electron chi connectivity index (χ4n) is 2.08. The van der Waals surface area contributed by atoms with Gasteiger partial charge in [0, 0.05) is 23.1 Å². The van der Waals surface area contributed by atoms with Crippen LogP contribution in [0.5, 0.6) is 0 Å². The van der Waals surface area contributed by atoms with Crippen molar-refractivity contribution in [3.8, 4) is 6.07 Å². The van der Waals surface area contributed by atoms with Crippen molar-refractivity contribution in [3.63, 3.8) is 0 Å². The van der Waals surface area contributed by atoms with Gasteiger partial charge in [0.15, 0.2) is 0 Å². The molecular weight excluding hydrogens is 312 g/mol. The van der Waals surface area contributed by atoms with Crippen LogP contribution in [0.4, 0.5) is 5.69 Å². The van der Waals surface area contributed by atoms with E-state index in [0.717, 1.165) is 4.47 Å². The first-order valence-electron chi connectivity index (χ1n) is 5.64. The first-order chi connectivity index (χ1) is 9.05. The fourth-order valence-corrected chi connectivity index (χ4v) is 2.56. The second-order valence-corrected chi connectivity index (χ2v) is 5.15. The zero-order valence-electron chi connectivity index (χ0n) is 10.2. The number of amides is 1. The summed E-state index contributed by atoms with van der Waals surface area (Å²) in [6, 6.07) is 7.08. The number of rotatable bonds is 2. The molecule has 0 aromatic heterocycles. The maximum atomic E-state index is 11.9. The summed E-state index contributed by atoms with van der Waals surface area (Å²) < 4.78 is 5.37. The summed E-state index contributed by atoms with van der Waals surface area (Å²) in [6.07, 6.45) is 0.140. The molecule has 1 atom stereocenters. The molecule has 1 aliphatic heterocycles. The minimum atomic E-state index is -0.443. The predicted molar refractivity (Wildman–Crippen MR) is 71.3 cm³/mol. The van der Waals surface area contributed by atoms with Crippen molar-refractivity contribution in [2.45, 2.75) is 6.42 Å². The van der Waals surface area contributed by atoms with E-state index in [1.807, 2.05) is 6.07 Å². The number of nitriles is 1. The molecule has 0 bridgehead atoms. The van der Waals surface area contributed by atoms with Crippen LogP contribution in [-0.4, -0.2) is 25.5 Å². The first-order valence-corrected chi connectivity index (χ1v) is 6.43. The number of hydrogen-bond acceptors (Lipinski definition) is 4. The minimum Gasteiger partial charge on any atom is -0.469 e. The molecule has 1 fully saturated rings. The van der Waals surface area contributed by atoms with E-state index in [1.54, 1.807) is 18.2 Å². The Morgan fingerprint density at radius 3 is 2.89 bits per heavy atom. The number of nitrogens with zero attached hydrogens (tertiary/aromatic N) is 2. The van der Waals surface area contributed by atoms with Crippen molar-refractivity contribution in [1.82, 2.24) is 0 Å². The highest BCUT2D eigenvalue weighted by Crippen LogP contribution is 2.29. The Bertz CT molecular complexity index is 580. The van der Waals surface area contributed by atoms with E-state index < -0.39 is 5.92 Å². The number of anilines is 1. The average molecular weight is 323 g/mol. The van der Waals surface area contributed by atoms with Crippen molar-refractivity contribution >= 4 is 33.5 Å². The third-order valence-corrected chi connectivity index (χ3v) is 3.44. The van der Waals surface area contributed by atoms with Gasteiger partial charge in [0.1, 0.15) is 0 Å². The van der Waals surface area contributed by atoms with Crippen LogP contribution in [0.2, 0.25) is 0 Å². The SMILES string of the molecule is COC(=O)C1CC(=O)N(c2cc(Br)cc(C#N)c2)C1. The number of carbonyl (C=O) groups is 2. The van der Waals surface area contributed by atoms with E-state index in [2.05, 4.69) is 20.7 Å². The molecule has 1 aromatic rings. The number of halogens is 1. The second kappa shape index (κ2) is 5.41. The van der Waals surface area contributed by atoms with Gasteiger partial charge in [0.25, 0.3) is 0 Å². The summed E-state index contributed by atoms with van der Waals surface area (Å²) in [4.78, 5) is 24.9. The van der Waals surface area contributed by atoms with E-state index in [9.17, 15) is 9.59 Å². The average Bonchev–Trinajstić information content (AvgIpc) is 2.79. The van der Waals surface area contributed by atoms with Gasteiger partial charge in [-0.3, -0.25) is 9.59 Å². The quantitative estimate of drug-likeness (QED) is 0.779. The Kier molecular flexibility index (Phi) is 3.86. The smallest absolute Gasteiger partial charge is 0.311 e. The number of ether oxygens (including phenoxy) is 1. The van der Waals surface area contributed by atoms with E-state index in [0.29, 0.717) is 11.3 Å². The molecule has 1 amide bonds. The van der Waals surface area contributed by atoms with Crippen LogP contribution >= 0.6 is 15.9 Å². The third-order valence-electron chi connectivity index (χ3n) is 2.98. The second-order valence-electron chi connectivity index (χ2n) is 4.24. The van der Waals surface area contributed by atoms with Gasteiger partial charge in [-0.2, -0.15) is 5.26 Å². The Hall–Kier alpha value is -1.87. The van der Waals surface area contributed by atoms with Crippen LogP contribution in [0.3, 0.4) is 0 Å². The Morgan fingerprint density at radius 2 is 2.26 bits per heavy atom. The predicted octanol–water partition coefficient (Wildman–Crippen LogP) is 1.85. The van der Waals surface area contributed by atoms with Crippen molar-refractivity contribution in [3.05, 3.63) is 28.2 Å². The van der Waals surface area contributed by atoms with Crippen LogP contribution in [0.15, 0.2) is 22.7 Å². The molecule has 1 heterocycles. The summed E-state index contributed by atoms with van der Waals surface area (Å²) in [7, 11) is 1.31. The lowest BCUT2D eigenvalue weighted by Gasteiger charge is -2.17. The normalized spacial score (nSPS) is 18.3. The van der Waals surface area contributed by atoms with Gasteiger partial charge in [0.05, 0.1) is 24.7 Å². The largest absolute Gasteiger partial charge is 0.469 e. The van der Waals surface area contributed by atoms with E-state index >= 15 is 0 Å². The van der Waals surface area contributed by atoms with Crippen LogP contribution in [-0.2, 0) is 14.3 Å². The van der Waals surface area contributed by atoms with E-state index in [1.165, 1.54) is 12.0 Å². The van der Waals surface area contributed by atoms with Gasteiger partial charge in [-0.15, -0.1) is 0 Å². The zero-order chi connectivity index (χ0) is 14.0. The standard InChI is InChI=1S/C13H11BrN2O3/c1-19-13(18)9-4-12(17)16(7-9)11-3-8(6-15)2-10(14)5-11/h2-3,5,9H,4,7H2,1H3. The molecule has 6 heteroatoms. The molecule has 1 aromatic carbocycles. The zero-order valence-corrected chi connectivity index (χ0v) is 11.8. The molecular formula is C13H11BrN2O3. The maximum Gasteiger partial charge on any atom is 0.311 e. The minimum absolute atomic E-state index is 0.140. The lowest BCUT2D eigenvalue weighted by Crippen LogP contribution is -2.26. The summed E-state index contributed by atoms with van der Waals surface area (Å²) in [5.41, 5.74) is 1.07. The van der Waals surface area contributed by atoms with Gasteiger partial charge >= 0.3 is 5.97 Å². The van der Waals surface area contributed by atoms with Crippen molar-refractivity contribution in [2.75, 3.05) is 18.6 Å². The molecule has 0 aliphatic carbocycles. The molecule has 1 aliphatic rings. The number of methoxy groups -OCH3 is 1. The highest BCUT2D eigenvalue weighted by Gasteiger charge is 2.35. The van der Waals surface area contributed by atoms with Gasteiger partial charge in [0.2, 0.25) is 5.91 Å². The fraction of sp³-hybridized carbons (Fsp3) is 0.308. The van der Waals surface area contributed by atoms with Gasteiger partial charge in [-0.25, -0.2) is 0 Å². The number of benzene rings is 1. The number of esters is 1. The van der Waals surface area contributed by atoms with Gasteiger partial charge in [-0.05, 0) is 18.2 Å². The summed E-state index contributed by atoms with van der Waals surface area (Å²) >= 11 is 3.30. The molecule has 1 saturated heterocycles. The van der Waals surface area contributed by atoms with Gasteiger partial charge < -0.3 is 9.64 Å². The highest BCUT2D eigenvalue weighted by atomic mass is 79.9. The molecule has 0 radical (unpaired) electrons. The van der Waals surface area contributed by atoms with Crippen LogP contribution in [0.25, 0.3) is 0 Å². The van der Waals surface area contributed by atoms with Crippen LogP contribution < -0.4 is 4.90 Å². The molecule has 0 spiro atoms. The van der Waals surface area contributed by atoms with Crippen LogP contribution in [0.1, 0.15) is 12.0 Å². The molecule has 1 unspecified atom stereocenters. The summed E-state index contributed by atoms with van der Waals surface area (Å²) in [6.45, 7) is 0.285. The summed E-state index contributed by atoms with van der Waals surface area (Å²) in [5, 5.41) is 8.93. The molecule has 5 nitrogen and oxygen atoms in total. The molecule has 0 N–H and O–H groups in total. The molecule has 2 rings (SSSR count). The monoisotopic (exact) mass is 322 g/mol. The third kappa shape index (κ3) is 2.76. The first kappa shape index (κ1) is 13.6. The van der Waals surface area contributed by atoms with E-state index in [-0.39, 0.29) is 24.8 Å². The number of hydrogen-bond donors (Lipinski definition) is 0. The highest BCUT2D eigenvalue weighted by molar-refractivity contribution is 9.10. The maximum absolute atomic E-state index is 11.9.